The number of hydrogen-bond donors (Lipinski definition) is 0. The van der Waals surface area contributed by atoms with Crippen molar-refractivity contribution in [2.75, 3.05) is 6.61 Å². The van der Waals surface area contributed by atoms with Crippen molar-refractivity contribution in [1.82, 2.24) is 0 Å². The standard InChI is InChI=1S/C14H12O3S/c1-10-7-8-13(18-10)14(16)17-9-12(15)11-5-3-2-4-6-11/h2-8H,9H2,1H3. The SMILES string of the molecule is Cc1ccc(C(=O)OCC(=O)c2ccccc2)s1. The van der Waals surface area contributed by atoms with Gasteiger partial charge in [-0.15, -0.1) is 11.3 Å². The fraction of sp³-hybridized carbons (Fsp3) is 0.143. The van der Waals surface area contributed by atoms with E-state index in [9.17, 15) is 9.59 Å². The lowest BCUT2D eigenvalue weighted by Gasteiger charge is -2.02. The Kier molecular flexibility index (Phi) is 3.89. The number of esters is 1. The Morgan fingerprint density at radius 3 is 2.44 bits per heavy atom. The fourth-order valence-corrected chi connectivity index (χ4v) is 2.22. The minimum atomic E-state index is -0.447. The average molecular weight is 260 g/mol. The number of hydrogen-bond acceptors (Lipinski definition) is 4. The lowest BCUT2D eigenvalue weighted by Crippen LogP contribution is -2.13. The van der Waals surface area contributed by atoms with E-state index in [2.05, 4.69) is 0 Å². The monoisotopic (exact) mass is 260 g/mol. The van der Waals surface area contributed by atoms with Crippen LogP contribution in [0.2, 0.25) is 0 Å². The molecule has 0 saturated carbocycles. The van der Waals surface area contributed by atoms with Crippen LogP contribution in [-0.2, 0) is 4.74 Å². The molecule has 0 radical (unpaired) electrons. The molecule has 0 aliphatic carbocycles. The summed E-state index contributed by atoms with van der Waals surface area (Å²) >= 11 is 1.36. The van der Waals surface area contributed by atoms with Gasteiger partial charge in [-0.1, -0.05) is 30.3 Å². The van der Waals surface area contributed by atoms with Crippen LogP contribution in [0.1, 0.15) is 24.9 Å². The smallest absolute Gasteiger partial charge is 0.348 e. The van der Waals surface area contributed by atoms with Crippen LogP contribution in [-0.4, -0.2) is 18.4 Å². The predicted octanol–water partition coefficient (Wildman–Crippen LogP) is 3.10. The highest BCUT2D eigenvalue weighted by Gasteiger charge is 2.12. The molecule has 18 heavy (non-hydrogen) atoms. The molecule has 0 saturated heterocycles. The molecule has 1 aromatic heterocycles. The van der Waals surface area contributed by atoms with Crippen molar-refractivity contribution in [2.45, 2.75) is 6.92 Å². The molecule has 0 atom stereocenters. The molecule has 0 unspecified atom stereocenters. The predicted molar refractivity (Wildman–Crippen MR) is 70.1 cm³/mol. The number of carbonyl (C=O) groups is 2. The second-order valence-corrected chi connectivity index (χ2v) is 5.06. The van der Waals surface area contributed by atoms with E-state index in [4.69, 9.17) is 4.74 Å². The summed E-state index contributed by atoms with van der Waals surface area (Å²) in [5.74, 6) is -0.644. The Labute approximate surface area is 109 Å². The fourth-order valence-electron chi connectivity index (χ4n) is 1.45. The third-order valence-electron chi connectivity index (χ3n) is 2.37. The molecule has 3 nitrogen and oxygen atoms in total. The first-order valence-electron chi connectivity index (χ1n) is 5.48. The van der Waals surface area contributed by atoms with Gasteiger partial charge in [0.15, 0.2) is 12.4 Å². The molecule has 2 rings (SSSR count). The van der Waals surface area contributed by atoms with Gasteiger partial charge in [0, 0.05) is 10.4 Å². The van der Waals surface area contributed by atoms with E-state index in [0.717, 1.165) is 4.88 Å². The molecule has 0 aliphatic rings. The summed E-state index contributed by atoms with van der Waals surface area (Å²) in [6.45, 7) is 1.69. The number of ether oxygens (including phenoxy) is 1. The quantitative estimate of drug-likeness (QED) is 0.626. The van der Waals surface area contributed by atoms with Crippen LogP contribution in [0.15, 0.2) is 42.5 Å². The number of benzene rings is 1. The minimum Gasteiger partial charge on any atom is -0.453 e. The van der Waals surface area contributed by atoms with Crippen LogP contribution < -0.4 is 0 Å². The van der Waals surface area contributed by atoms with Gasteiger partial charge in [0.2, 0.25) is 0 Å². The Morgan fingerprint density at radius 1 is 1.11 bits per heavy atom. The van der Waals surface area contributed by atoms with Gasteiger partial charge in [0.25, 0.3) is 0 Å². The molecule has 0 bridgehead atoms. The topological polar surface area (TPSA) is 43.4 Å². The molecule has 92 valence electrons. The second kappa shape index (κ2) is 5.60. The summed E-state index contributed by atoms with van der Waals surface area (Å²) in [7, 11) is 0. The molecule has 1 heterocycles. The van der Waals surface area contributed by atoms with Crippen molar-refractivity contribution in [3.05, 3.63) is 57.8 Å². The summed E-state index contributed by atoms with van der Waals surface area (Å²) in [4.78, 5) is 24.9. The first-order valence-corrected chi connectivity index (χ1v) is 6.30. The van der Waals surface area contributed by atoms with Gasteiger partial charge < -0.3 is 4.74 Å². The maximum absolute atomic E-state index is 11.7. The summed E-state index contributed by atoms with van der Waals surface area (Å²) < 4.78 is 4.98. The number of aryl methyl sites for hydroxylation is 1. The zero-order chi connectivity index (χ0) is 13.0. The van der Waals surface area contributed by atoms with Crippen molar-refractivity contribution < 1.29 is 14.3 Å². The Bertz CT molecular complexity index is 557. The van der Waals surface area contributed by atoms with Gasteiger partial charge >= 0.3 is 5.97 Å². The van der Waals surface area contributed by atoms with E-state index in [-0.39, 0.29) is 12.4 Å². The van der Waals surface area contributed by atoms with Crippen LogP contribution in [0.25, 0.3) is 0 Å². The van der Waals surface area contributed by atoms with Gasteiger partial charge in [0.05, 0.1) is 0 Å². The lowest BCUT2D eigenvalue weighted by atomic mass is 10.1. The molecule has 1 aromatic carbocycles. The highest BCUT2D eigenvalue weighted by atomic mass is 32.1. The number of rotatable bonds is 4. The van der Waals surface area contributed by atoms with E-state index >= 15 is 0 Å². The Morgan fingerprint density at radius 2 is 1.83 bits per heavy atom. The van der Waals surface area contributed by atoms with E-state index in [1.807, 2.05) is 19.1 Å². The molecule has 0 fully saturated rings. The summed E-state index contributed by atoms with van der Waals surface area (Å²) in [5, 5.41) is 0. The normalized spacial score (nSPS) is 10.1. The van der Waals surface area contributed by atoms with Gasteiger partial charge in [0.1, 0.15) is 4.88 Å². The minimum absolute atomic E-state index is 0.197. The Balaban J connectivity index is 1.92. The van der Waals surface area contributed by atoms with Gasteiger partial charge in [-0.3, -0.25) is 4.79 Å². The summed E-state index contributed by atoms with van der Waals surface area (Å²) in [6.07, 6.45) is 0. The lowest BCUT2D eigenvalue weighted by molar-refractivity contribution is 0.0479. The van der Waals surface area contributed by atoms with Crippen LogP contribution in [0.3, 0.4) is 0 Å². The Hall–Kier alpha value is -1.94. The largest absolute Gasteiger partial charge is 0.453 e. The number of thiophene rings is 1. The molecule has 0 spiro atoms. The van der Waals surface area contributed by atoms with Gasteiger partial charge in [-0.25, -0.2) is 4.79 Å². The van der Waals surface area contributed by atoms with Crippen molar-refractivity contribution >= 4 is 23.1 Å². The maximum Gasteiger partial charge on any atom is 0.348 e. The maximum atomic E-state index is 11.7. The van der Waals surface area contributed by atoms with Gasteiger partial charge in [-0.05, 0) is 19.1 Å². The van der Waals surface area contributed by atoms with Crippen molar-refractivity contribution in [3.8, 4) is 0 Å². The number of ketones is 1. The van der Waals surface area contributed by atoms with E-state index in [1.165, 1.54) is 11.3 Å². The zero-order valence-corrected chi connectivity index (χ0v) is 10.7. The molecule has 2 aromatic rings. The van der Waals surface area contributed by atoms with Gasteiger partial charge in [-0.2, -0.15) is 0 Å². The number of Topliss-reactive ketones (excluding diaryl/α,β-unsaturated/α-hetero) is 1. The van der Waals surface area contributed by atoms with Crippen molar-refractivity contribution in [3.63, 3.8) is 0 Å². The molecular weight excluding hydrogens is 248 g/mol. The van der Waals surface area contributed by atoms with Crippen LogP contribution in [0, 0.1) is 6.92 Å². The van der Waals surface area contributed by atoms with E-state index < -0.39 is 5.97 Å². The molecule has 0 amide bonds. The summed E-state index contributed by atoms with van der Waals surface area (Å²) in [5.41, 5.74) is 0.549. The van der Waals surface area contributed by atoms with Crippen molar-refractivity contribution in [2.24, 2.45) is 0 Å². The highest BCUT2D eigenvalue weighted by Crippen LogP contribution is 2.16. The second-order valence-electron chi connectivity index (χ2n) is 3.78. The first-order chi connectivity index (χ1) is 8.66. The average Bonchev–Trinajstić information content (AvgIpc) is 2.83. The van der Waals surface area contributed by atoms with Crippen LogP contribution in [0.4, 0.5) is 0 Å². The van der Waals surface area contributed by atoms with E-state index in [0.29, 0.717) is 10.4 Å². The third-order valence-corrected chi connectivity index (χ3v) is 3.35. The van der Waals surface area contributed by atoms with Crippen molar-refractivity contribution in [1.29, 1.82) is 0 Å². The number of carbonyl (C=O) groups excluding carboxylic acids is 2. The molecular formula is C14H12O3S. The molecule has 0 aliphatic heterocycles. The molecule has 4 heteroatoms. The third kappa shape index (κ3) is 3.05. The van der Waals surface area contributed by atoms with Crippen LogP contribution >= 0.6 is 11.3 Å². The highest BCUT2D eigenvalue weighted by molar-refractivity contribution is 7.13. The first kappa shape index (κ1) is 12.5. The van der Waals surface area contributed by atoms with Crippen LogP contribution in [0.5, 0.6) is 0 Å². The summed E-state index contributed by atoms with van der Waals surface area (Å²) in [6, 6.07) is 12.3. The molecule has 0 N–H and O–H groups in total. The zero-order valence-electron chi connectivity index (χ0n) is 9.88. The van der Waals surface area contributed by atoms with E-state index in [1.54, 1.807) is 30.3 Å².